The van der Waals surface area contributed by atoms with Gasteiger partial charge in [-0.1, -0.05) is 0 Å². The van der Waals surface area contributed by atoms with E-state index in [1.54, 1.807) is 37.3 Å². The SMILES string of the molecule is CC(=O)C(CCCn1c(=O)c2c(ncn2C)n(C)c1=O)CCCn1c(=O)c2c(ncn2C)n(C)c1=O. The maximum absolute atomic E-state index is 12.9. The van der Waals surface area contributed by atoms with E-state index in [1.807, 2.05) is 0 Å². The van der Waals surface area contributed by atoms with Gasteiger partial charge in [0.15, 0.2) is 22.3 Å². The van der Waals surface area contributed by atoms with Crippen LogP contribution in [0.5, 0.6) is 0 Å². The number of ketones is 1. The summed E-state index contributed by atoms with van der Waals surface area (Å²) in [5.41, 5.74) is -0.374. The second-order valence-corrected chi connectivity index (χ2v) is 9.24. The lowest BCUT2D eigenvalue weighted by atomic mass is 9.94. The number of hydrogen-bond acceptors (Lipinski definition) is 7. The van der Waals surface area contributed by atoms with Crippen LogP contribution in [0.2, 0.25) is 0 Å². The van der Waals surface area contributed by atoms with Crippen molar-refractivity contribution in [1.29, 1.82) is 0 Å². The molecule has 0 radical (unpaired) electrons. The molecule has 0 spiro atoms. The summed E-state index contributed by atoms with van der Waals surface area (Å²) >= 11 is 0. The summed E-state index contributed by atoms with van der Waals surface area (Å²) in [7, 11) is 6.53. The molecule has 0 N–H and O–H groups in total. The Morgan fingerprint density at radius 3 is 1.50 bits per heavy atom. The Morgan fingerprint density at radius 1 is 0.750 bits per heavy atom. The number of imidazole rings is 2. The van der Waals surface area contributed by atoms with Gasteiger partial charge in [0.1, 0.15) is 5.78 Å². The van der Waals surface area contributed by atoms with Gasteiger partial charge in [-0.3, -0.25) is 32.7 Å². The van der Waals surface area contributed by atoms with Crippen LogP contribution in [-0.2, 0) is 46.1 Å². The number of nitrogens with zero attached hydrogens (tertiary/aromatic N) is 8. The van der Waals surface area contributed by atoms with Crippen molar-refractivity contribution >= 4 is 28.1 Å². The van der Waals surface area contributed by atoms with Crippen LogP contribution in [-0.4, -0.2) is 43.2 Å². The van der Waals surface area contributed by atoms with E-state index in [0.29, 0.717) is 48.0 Å². The van der Waals surface area contributed by atoms with Crippen LogP contribution in [0.25, 0.3) is 22.3 Å². The lowest BCUT2D eigenvalue weighted by Gasteiger charge is -2.15. The molecule has 0 fully saturated rings. The van der Waals surface area contributed by atoms with Crippen molar-refractivity contribution in [1.82, 2.24) is 37.4 Å². The Labute approximate surface area is 204 Å². The summed E-state index contributed by atoms with van der Waals surface area (Å²) in [6.07, 6.45) is 4.83. The fourth-order valence-electron chi connectivity index (χ4n) is 4.73. The number of Topliss-reactive ketones (excluding diaryl/α,β-unsaturated/α-hetero) is 1. The molecule has 0 aliphatic carbocycles. The van der Waals surface area contributed by atoms with E-state index in [0.717, 1.165) is 0 Å². The van der Waals surface area contributed by atoms with Gasteiger partial charge in [0.25, 0.3) is 11.1 Å². The van der Waals surface area contributed by atoms with Gasteiger partial charge in [0.05, 0.1) is 12.7 Å². The summed E-state index contributed by atoms with van der Waals surface area (Å²) in [4.78, 5) is 71.6. The molecule has 36 heavy (non-hydrogen) atoms. The Morgan fingerprint density at radius 2 is 1.14 bits per heavy atom. The van der Waals surface area contributed by atoms with E-state index in [1.165, 1.54) is 37.8 Å². The molecule has 0 aromatic carbocycles. The summed E-state index contributed by atoms with van der Waals surface area (Å²) in [5, 5.41) is 0. The average Bonchev–Trinajstić information content (AvgIpc) is 3.42. The molecule has 4 heterocycles. The molecular formula is C23H30N8O5. The lowest BCUT2D eigenvalue weighted by Crippen LogP contribution is -2.40. The molecule has 0 atom stereocenters. The zero-order chi connectivity index (χ0) is 26.3. The highest BCUT2D eigenvalue weighted by atomic mass is 16.2. The molecule has 0 bridgehead atoms. The third-order valence-electron chi connectivity index (χ3n) is 6.85. The number of hydrogen-bond donors (Lipinski definition) is 0. The summed E-state index contributed by atoms with van der Waals surface area (Å²) in [6.45, 7) is 1.85. The van der Waals surface area contributed by atoms with Crippen molar-refractivity contribution < 1.29 is 4.79 Å². The molecule has 0 unspecified atom stereocenters. The van der Waals surface area contributed by atoms with Crippen molar-refractivity contribution in [3.8, 4) is 0 Å². The van der Waals surface area contributed by atoms with Crippen LogP contribution in [0, 0.1) is 5.92 Å². The highest BCUT2D eigenvalue weighted by Gasteiger charge is 2.19. The van der Waals surface area contributed by atoms with Crippen LogP contribution in [0.15, 0.2) is 31.8 Å². The minimum atomic E-state index is -0.452. The molecular weight excluding hydrogens is 468 g/mol. The number of aromatic nitrogens is 8. The van der Waals surface area contributed by atoms with Gasteiger partial charge in [-0.2, -0.15) is 0 Å². The van der Waals surface area contributed by atoms with Crippen LogP contribution in [0.4, 0.5) is 0 Å². The smallest absolute Gasteiger partial charge is 0.328 e. The number of carbonyl (C=O) groups is 1. The first-order valence-electron chi connectivity index (χ1n) is 11.8. The van der Waals surface area contributed by atoms with E-state index < -0.39 is 22.5 Å². The predicted molar refractivity (Wildman–Crippen MR) is 133 cm³/mol. The second-order valence-electron chi connectivity index (χ2n) is 9.24. The summed E-state index contributed by atoms with van der Waals surface area (Å²) in [6, 6.07) is 0. The van der Waals surface area contributed by atoms with Gasteiger partial charge >= 0.3 is 11.4 Å². The fraction of sp³-hybridized carbons (Fsp3) is 0.522. The van der Waals surface area contributed by atoms with E-state index >= 15 is 0 Å². The molecule has 0 aliphatic heterocycles. The molecule has 13 nitrogen and oxygen atoms in total. The van der Waals surface area contributed by atoms with Gasteiger partial charge in [0.2, 0.25) is 0 Å². The van der Waals surface area contributed by atoms with Gasteiger partial charge in [-0.15, -0.1) is 0 Å². The third kappa shape index (κ3) is 4.14. The highest BCUT2D eigenvalue weighted by Crippen LogP contribution is 2.16. The van der Waals surface area contributed by atoms with E-state index in [4.69, 9.17) is 0 Å². The van der Waals surface area contributed by atoms with Crippen molar-refractivity contribution in [2.45, 2.75) is 45.7 Å². The summed E-state index contributed by atoms with van der Waals surface area (Å²) in [5.74, 6) is -0.329. The Kier molecular flexibility index (Phi) is 6.65. The van der Waals surface area contributed by atoms with Crippen molar-refractivity contribution in [3.63, 3.8) is 0 Å². The molecule has 4 rings (SSSR count). The Balaban J connectivity index is 1.46. The topological polar surface area (TPSA) is 141 Å². The van der Waals surface area contributed by atoms with Crippen molar-refractivity contribution in [2.75, 3.05) is 0 Å². The van der Waals surface area contributed by atoms with Gasteiger partial charge in [-0.05, 0) is 32.6 Å². The quantitative estimate of drug-likeness (QED) is 0.307. The average molecular weight is 499 g/mol. The predicted octanol–water partition coefficient (Wildman–Crippen LogP) is -0.353. The van der Waals surface area contributed by atoms with Gasteiger partial charge < -0.3 is 9.13 Å². The Hall–Kier alpha value is -4.03. The van der Waals surface area contributed by atoms with Crippen LogP contribution >= 0.6 is 0 Å². The highest BCUT2D eigenvalue weighted by molar-refractivity contribution is 5.78. The molecule has 13 heteroatoms. The maximum atomic E-state index is 12.9. The first-order valence-corrected chi connectivity index (χ1v) is 11.8. The molecule has 192 valence electrons. The molecule has 0 saturated carbocycles. The second kappa shape index (κ2) is 9.55. The van der Waals surface area contributed by atoms with Gasteiger partial charge in [-0.25, -0.2) is 19.6 Å². The molecule has 4 aromatic rings. The molecule has 4 aromatic heterocycles. The van der Waals surface area contributed by atoms with E-state index in [2.05, 4.69) is 9.97 Å². The fourth-order valence-corrected chi connectivity index (χ4v) is 4.73. The maximum Gasteiger partial charge on any atom is 0.332 e. The molecule has 0 saturated heterocycles. The van der Waals surface area contributed by atoms with E-state index in [-0.39, 0.29) is 24.8 Å². The first-order chi connectivity index (χ1) is 17.0. The van der Waals surface area contributed by atoms with E-state index in [9.17, 15) is 24.0 Å². The van der Waals surface area contributed by atoms with Gasteiger partial charge in [0, 0.05) is 47.2 Å². The van der Waals surface area contributed by atoms with Crippen molar-refractivity contribution in [2.24, 2.45) is 34.1 Å². The summed E-state index contributed by atoms with van der Waals surface area (Å²) < 4.78 is 8.20. The normalized spacial score (nSPS) is 11.8. The minimum Gasteiger partial charge on any atom is -0.328 e. The van der Waals surface area contributed by atoms with Crippen LogP contribution in [0.3, 0.4) is 0 Å². The molecule has 0 aliphatic rings. The number of carbonyl (C=O) groups excluding carboxylic acids is 1. The Bertz CT molecular complexity index is 1590. The van der Waals surface area contributed by atoms with Crippen molar-refractivity contribution in [3.05, 3.63) is 54.3 Å². The molecule has 0 amide bonds. The number of aryl methyl sites for hydroxylation is 4. The van der Waals surface area contributed by atoms with Crippen LogP contribution in [0.1, 0.15) is 32.6 Å². The first kappa shape index (κ1) is 25.1. The lowest BCUT2D eigenvalue weighted by molar-refractivity contribution is -0.121. The third-order valence-corrected chi connectivity index (χ3v) is 6.85. The monoisotopic (exact) mass is 498 g/mol. The number of rotatable bonds is 9. The zero-order valence-corrected chi connectivity index (χ0v) is 21.1. The minimum absolute atomic E-state index is 0.0142. The number of fused-ring (bicyclic) bond motifs is 2. The largest absolute Gasteiger partial charge is 0.332 e. The zero-order valence-electron chi connectivity index (χ0n) is 21.1. The van der Waals surface area contributed by atoms with Crippen LogP contribution < -0.4 is 22.5 Å². The standard InChI is InChI=1S/C23H30N8O5/c1-14(32)15(8-6-10-30-20(33)16-18(24-12-26(16)2)28(4)22(30)35)9-7-11-31-21(34)17-19(25-13-27(17)3)29(5)23(31)36/h12-13,15H,6-11H2,1-5H3.